The van der Waals surface area contributed by atoms with Crippen LogP contribution in [0.4, 0.5) is 17.5 Å². The lowest BCUT2D eigenvalue weighted by Crippen LogP contribution is -2.43. The van der Waals surface area contributed by atoms with Gasteiger partial charge in [0, 0.05) is 45.5 Å². The number of hydrogen-bond acceptors (Lipinski definition) is 5. The molecule has 3 rings (SSSR count). The summed E-state index contributed by atoms with van der Waals surface area (Å²) in [4.78, 5) is 16.2. The van der Waals surface area contributed by atoms with Crippen LogP contribution >= 0.6 is 0 Å². The number of aromatic nitrogens is 3. The Balaban J connectivity index is 1.83. The first kappa shape index (κ1) is 12.0. The minimum atomic E-state index is 0.894. The van der Waals surface area contributed by atoms with Gasteiger partial charge in [0.25, 0.3) is 0 Å². The molecule has 1 aliphatic heterocycles. The Morgan fingerprint density at radius 3 is 2.84 bits per heavy atom. The smallest absolute Gasteiger partial charge is 0.139 e. The molecule has 0 unspecified atom stereocenters. The van der Waals surface area contributed by atoms with Crippen molar-refractivity contribution in [1.29, 1.82) is 0 Å². The number of hydrogen-bond donors (Lipinski definition) is 2. The van der Waals surface area contributed by atoms with Crippen LogP contribution in [0.5, 0.6) is 0 Å². The van der Waals surface area contributed by atoms with Crippen molar-refractivity contribution >= 4 is 17.5 Å². The molecule has 0 amide bonds. The molecular formula is C13H18N6. The van der Waals surface area contributed by atoms with Crippen LogP contribution in [0.3, 0.4) is 0 Å². The maximum absolute atomic E-state index is 4.38. The summed E-state index contributed by atoms with van der Waals surface area (Å²) in [5.74, 6) is 2.90. The largest absolute Gasteiger partial charge is 0.354 e. The van der Waals surface area contributed by atoms with Crippen molar-refractivity contribution in [2.75, 3.05) is 43.0 Å². The molecule has 2 N–H and O–H groups in total. The van der Waals surface area contributed by atoms with E-state index in [-0.39, 0.29) is 0 Å². The van der Waals surface area contributed by atoms with E-state index in [2.05, 4.69) is 25.2 Å². The van der Waals surface area contributed by atoms with E-state index >= 15 is 0 Å². The molecule has 1 aliphatic rings. The molecule has 2 aromatic heterocycles. The van der Waals surface area contributed by atoms with Gasteiger partial charge in [0.05, 0.1) is 0 Å². The average Bonchev–Trinajstić information content (AvgIpc) is 3.02. The molecule has 1 fully saturated rings. The van der Waals surface area contributed by atoms with Gasteiger partial charge in [0.2, 0.25) is 0 Å². The summed E-state index contributed by atoms with van der Waals surface area (Å²) >= 11 is 0. The first-order valence-electron chi connectivity index (χ1n) is 6.49. The van der Waals surface area contributed by atoms with Crippen LogP contribution < -0.4 is 15.1 Å². The Morgan fingerprint density at radius 1 is 1.26 bits per heavy atom. The second-order valence-corrected chi connectivity index (χ2v) is 4.59. The monoisotopic (exact) mass is 258 g/mol. The molecule has 3 heterocycles. The number of H-pyrrole nitrogens is 1. The van der Waals surface area contributed by atoms with Gasteiger partial charge in [0.1, 0.15) is 23.8 Å². The fourth-order valence-corrected chi connectivity index (χ4v) is 2.24. The molecule has 0 aliphatic carbocycles. The van der Waals surface area contributed by atoms with Crippen LogP contribution in [0, 0.1) is 0 Å². The fraction of sp³-hybridized carbons (Fsp3) is 0.385. The van der Waals surface area contributed by atoms with Gasteiger partial charge < -0.3 is 20.1 Å². The first-order chi connectivity index (χ1) is 9.34. The third-order valence-electron chi connectivity index (χ3n) is 3.37. The van der Waals surface area contributed by atoms with Crippen LogP contribution in [0.1, 0.15) is 0 Å². The second kappa shape index (κ2) is 5.27. The molecule has 6 heteroatoms. The Kier molecular flexibility index (Phi) is 3.33. The Labute approximate surface area is 112 Å². The quantitative estimate of drug-likeness (QED) is 0.859. The average molecular weight is 258 g/mol. The molecule has 19 heavy (non-hydrogen) atoms. The number of nitrogens with zero attached hydrogens (tertiary/aromatic N) is 4. The van der Waals surface area contributed by atoms with Gasteiger partial charge in [-0.05, 0) is 12.1 Å². The standard InChI is InChI=1S/C13H18N6/c1-18(11-3-2-4-15-11)12-9-13(17-10-16-12)19-7-5-14-6-8-19/h2-4,9-10,14-15H,5-8H2,1H3. The van der Waals surface area contributed by atoms with Gasteiger partial charge in [0.15, 0.2) is 0 Å². The topological polar surface area (TPSA) is 60.1 Å². The number of nitrogens with one attached hydrogen (secondary N) is 2. The summed E-state index contributed by atoms with van der Waals surface area (Å²) in [6.45, 7) is 3.99. The summed E-state index contributed by atoms with van der Waals surface area (Å²) in [7, 11) is 2.00. The van der Waals surface area contributed by atoms with Crippen molar-refractivity contribution in [1.82, 2.24) is 20.3 Å². The zero-order chi connectivity index (χ0) is 13.1. The lowest BCUT2D eigenvalue weighted by Gasteiger charge is -2.29. The number of aromatic amines is 1. The van der Waals surface area contributed by atoms with Crippen molar-refractivity contribution in [2.45, 2.75) is 0 Å². The Hall–Kier alpha value is -2.08. The highest BCUT2D eigenvalue weighted by atomic mass is 15.3. The van der Waals surface area contributed by atoms with Gasteiger partial charge in [-0.15, -0.1) is 0 Å². The SMILES string of the molecule is CN(c1cc(N2CCNCC2)ncn1)c1ccc[nH]1. The third-order valence-corrected chi connectivity index (χ3v) is 3.37. The molecule has 0 aromatic carbocycles. The van der Waals surface area contributed by atoms with E-state index in [0.29, 0.717) is 0 Å². The van der Waals surface area contributed by atoms with E-state index in [1.807, 2.05) is 36.3 Å². The highest BCUT2D eigenvalue weighted by molar-refractivity contribution is 5.58. The molecule has 0 saturated carbocycles. The predicted octanol–water partition coefficient (Wildman–Crippen LogP) is 0.982. The minimum Gasteiger partial charge on any atom is -0.354 e. The van der Waals surface area contributed by atoms with E-state index in [1.54, 1.807) is 6.33 Å². The molecule has 0 spiro atoms. The zero-order valence-corrected chi connectivity index (χ0v) is 11.0. The lowest BCUT2D eigenvalue weighted by atomic mass is 10.3. The van der Waals surface area contributed by atoms with Gasteiger partial charge in [-0.1, -0.05) is 0 Å². The fourth-order valence-electron chi connectivity index (χ4n) is 2.24. The van der Waals surface area contributed by atoms with E-state index in [4.69, 9.17) is 0 Å². The zero-order valence-electron chi connectivity index (χ0n) is 11.0. The van der Waals surface area contributed by atoms with E-state index in [9.17, 15) is 0 Å². The highest BCUT2D eigenvalue weighted by Gasteiger charge is 2.14. The van der Waals surface area contributed by atoms with Crippen LogP contribution in [-0.4, -0.2) is 48.2 Å². The van der Waals surface area contributed by atoms with Crippen molar-refractivity contribution in [2.24, 2.45) is 0 Å². The number of rotatable bonds is 3. The summed E-state index contributed by atoms with van der Waals surface area (Å²) < 4.78 is 0. The molecule has 0 radical (unpaired) electrons. The van der Waals surface area contributed by atoms with Gasteiger partial charge >= 0.3 is 0 Å². The molecule has 100 valence electrons. The van der Waals surface area contributed by atoms with E-state index < -0.39 is 0 Å². The van der Waals surface area contributed by atoms with Crippen LogP contribution in [0.2, 0.25) is 0 Å². The van der Waals surface area contributed by atoms with Crippen molar-refractivity contribution in [3.63, 3.8) is 0 Å². The van der Waals surface area contributed by atoms with Gasteiger partial charge in [-0.3, -0.25) is 0 Å². The normalized spacial score (nSPS) is 15.5. The highest BCUT2D eigenvalue weighted by Crippen LogP contribution is 2.22. The first-order valence-corrected chi connectivity index (χ1v) is 6.49. The van der Waals surface area contributed by atoms with Crippen molar-refractivity contribution < 1.29 is 0 Å². The summed E-state index contributed by atoms with van der Waals surface area (Å²) in [5.41, 5.74) is 0. The Bertz CT molecular complexity index is 518. The summed E-state index contributed by atoms with van der Waals surface area (Å²) in [6.07, 6.45) is 3.54. The maximum Gasteiger partial charge on any atom is 0.139 e. The summed E-state index contributed by atoms with van der Waals surface area (Å²) in [5, 5.41) is 3.34. The predicted molar refractivity (Wildman–Crippen MR) is 76.0 cm³/mol. The maximum atomic E-state index is 4.38. The summed E-state index contributed by atoms with van der Waals surface area (Å²) in [6, 6.07) is 6.03. The lowest BCUT2D eigenvalue weighted by molar-refractivity contribution is 0.584. The molecule has 1 saturated heterocycles. The minimum absolute atomic E-state index is 0.894. The van der Waals surface area contributed by atoms with E-state index in [1.165, 1.54) is 0 Å². The third kappa shape index (κ3) is 2.53. The van der Waals surface area contributed by atoms with Crippen molar-refractivity contribution in [3.05, 3.63) is 30.7 Å². The van der Waals surface area contributed by atoms with Crippen molar-refractivity contribution in [3.8, 4) is 0 Å². The molecule has 0 bridgehead atoms. The molecule has 0 atom stereocenters. The van der Waals surface area contributed by atoms with Crippen LogP contribution in [0.25, 0.3) is 0 Å². The molecular weight excluding hydrogens is 240 g/mol. The molecule has 2 aromatic rings. The Morgan fingerprint density at radius 2 is 2.11 bits per heavy atom. The van der Waals surface area contributed by atoms with Crippen LogP contribution in [0.15, 0.2) is 30.7 Å². The number of piperazine rings is 1. The molecule has 6 nitrogen and oxygen atoms in total. The number of anilines is 3. The van der Waals surface area contributed by atoms with E-state index in [0.717, 1.165) is 43.6 Å². The van der Waals surface area contributed by atoms with Gasteiger partial charge in [-0.25, -0.2) is 9.97 Å². The van der Waals surface area contributed by atoms with Gasteiger partial charge in [-0.2, -0.15) is 0 Å². The van der Waals surface area contributed by atoms with Crippen LogP contribution in [-0.2, 0) is 0 Å². The second-order valence-electron chi connectivity index (χ2n) is 4.59.